The van der Waals surface area contributed by atoms with E-state index in [4.69, 9.17) is 0 Å². The molecule has 2 aromatic heterocycles. The van der Waals surface area contributed by atoms with Crippen LogP contribution in [0.15, 0.2) is 53.9 Å². The predicted molar refractivity (Wildman–Crippen MR) is 90.0 cm³/mol. The van der Waals surface area contributed by atoms with Gasteiger partial charge in [0.15, 0.2) is 0 Å². The molecule has 0 saturated heterocycles. The Morgan fingerprint density at radius 1 is 1.00 bits per heavy atom. The number of H-pyrrole nitrogens is 1. The van der Waals surface area contributed by atoms with E-state index < -0.39 is 5.41 Å². The Morgan fingerprint density at radius 2 is 1.78 bits per heavy atom. The van der Waals surface area contributed by atoms with E-state index in [1.807, 2.05) is 38.1 Å². The summed E-state index contributed by atoms with van der Waals surface area (Å²) in [5, 5.41) is 5.30. The highest BCUT2D eigenvalue weighted by atomic mass is 16.2. The van der Waals surface area contributed by atoms with Gasteiger partial charge in [0.2, 0.25) is 0 Å². The number of hydrogen-bond donors (Lipinski definition) is 2. The fourth-order valence-electron chi connectivity index (χ4n) is 2.89. The molecule has 3 aromatic rings. The second kappa shape index (κ2) is 4.78. The first-order chi connectivity index (χ1) is 11.1. The molecule has 2 N–H and O–H groups in total. The Morgan fingerprint density at radius 3 is 2.48 bits per heavy atom. The van der Waals surface area contributed by atoms with Crippen molar-refractivity contribution in [2.75, 3.05) is 0 Å². The third-order valence-electron chi connectivity index (χ3n) is 4.31. The van der Waals surface area contributed by atoms with Crippen molar-refractivity contribution >= 4 is 22.5 Å². The third-order valence-corrected chi connectivity index (χ3v) is 4.31. The van der Waals surface area contributed by atoms with Crippen LogP contribution in [0.1, 0.15) is 19.4 Å². The van der Waals surface area contributed by atoms with Gasteiger partial charge in [0, 0.05) is 34.6 Å². The molecule has 0 bridgehead atoms. The summed E-state index contributed by atoms with van der Waals surface area (Å²) >= 11 is 0. The first-order valence-corrected chi connectivity index (χ1v) is 7.48. The molecule has 4 rings (SSSR count). The zero-order valence-electron chi connectivity index (χ0n) is 12.9. The molecular weight excluding hydrogens is 288 g/mol. The molecule has 5 heteroatoms. The number of pyridine rings is 1. The van der Waals surface area contributed by atoms with Crippen LogP contribution in [0.25, 0.3) is 22.2 Å². The second-order valence-electron chi connectivity index (χ2n) is 6.25. The molecule has 0 unspecified atom stereocenters. The lowest BCUT2D eigenvalue weighted by molar-refractivity contribution is -0.125. The number of carbonyl (C=O) groups excluding carboxylic acids is 1. The fraction of sp³-hybridized carbons (Fsp3) is 0.167. The number of hydrazone groups is 1. The number of nitrogens with one attached hydrogen (secondary N) is 2. The molecule has 23 heavy (non-hydrogen) atoms. The van der Waals surface area contributed by atoms with Crippen LogP contribution >= 0.6 is 0 Å². The van der Waals surface area contributed by atoms with Crippen LogP contribution in [-0.4, -0.2) is 21.6 Å². The van der Waals surface area contributed by atoms with Crippen molar-refractivity contribution < 1.29 is 4.79 Å². The van der Waals surface area contributed by atoms with Crippen molar-refractivity contribution in [2.24, 2.45) is 10.5 Å². The second-order valence-corrected chi connectivity index (χ2v) is 6.25. The molecule has 0 atom stereocenters. The Kier molecular flexibility index (Phi) is 2.84. The average molecular weight is 304 g/mol. The summed E-state index contributed by atoms with van der Waals surface area (Å²) in [5.41, 5.74) is 6.88. The summed E-state index contributed by atoms with van der Waals surface area (Å²) in [4.78, 5) is 19.3. The van der Waals surface area contributed by atoms with Gasteiger partial charge in [-0.05, 0) is 49.7 Å². The van der Waals surface area contributed by atoms with Gasteiger partial charge in [0.25, 0.3) is 5.91 Å². The van der Waals surface area contributed by atoms with Gasteiger partial charge in [0.1, 0.15) is 0 Å². The van der Waals surface area contributed by atoms with Crippen molar-refractivity contribution in [2.45, 2.75) is 13.8 Å². The summed E-state index contributed by atoms with van der Waals surface area (Å²) in [6.07, 6.45) is 3.55. The zero-order valence-corrected chi connectivity index (χ0v) is 12.9. The average Bonchev–Trinajstić information content (AvgIpc) is 3.09. The largest absolute Gasteiger partial charge is 0.355 e. The smallest absolute Gasteiger partial charge is 0.251 e. The summed E-state index contributed by atoms with van der Waals surface area (Å²) in [6.45, 7) is 3.77. The highest BCUT2D eigenvalue weighted by Crippen LogP contribution is 2.30. The number of rotatable bonds is 2. The number of amides is 1. The molecule has 3 heterocycles. The van der Waals surface area contributed by atoms with Gasteiger partial charge in [-0.25, -0.2) is 5.43 Å². The van der Waals surface area contributed by atoms with Crippen LogP contribution < -0.4 is 5.43 Å². The van der Waals surface area contributed by atoms with Gasteiger partial charge in [-0.15, -0.1) is 0 Å². The van der Waals surface area contributed by atoms with Gasteiger partial charge >= 0.3 is 0 Å². The molecule has 0 fully saturated rings. The molecule has 0 radical (unpaired) electrons. The van der Waals surface area contributed by atoms with E-state index in [1.54, 1.807) is 12.4 Å². The number of aromatic nitrogens is 2. The van der Waals surface area contributed by atoms with E-state index in [0.29, 0.717) is 0 Å². The Labute approximate surface area is 133 Å². The molecule has 1 aromatic carbocycles. The van der Waals surface area contributed by atoms with Crippen molar-refractivity contribution in [3.63, 3.8) is 0 Å². The van der Waals surface area contributed by atoms with Crippen molar-refractivity contribution in [1.82, 2.24) is 15.4 Å². The highest BCUT2D eigenvalue weighted by molar-refractivity contribution is 6.19. The highest BCUT2D eigenvalue weighted by Gasteiger charge is 2.39. The molecule has 0 aliphatic carbocycles. The van der Waals surface area contributed by atoms with Gasteiger partial charge in [-0.2, -0.15) is 5.10 Å². The maximum Gasteiger partial charge on any atom is 0.251 e. The van der Waals surface area contributed by atoms with Crippen molar-refractivity contribution in [3.05, 3.63) is 54.4 Å². The van der Waals surface area contributed by atoms with Gasteiger partial charge < -0.3 is 4.98 Å². The lowest BCUT2D eigenvalue weighted by atomic mass is 9.83. The Balaban J connectivity index is 1.79. The predicted octanol–water partition coefficient (Wildman–Crippen LogP) is 3.09. The van der Waals surface area contributed by atoms with E-state index in [-0.39, 0.29) is 5.91 Å². The number of carbonyl (C=O) groups is 1. The summed E-state index contributed by atoms with van der Waals surface area (Å²) in [5.74, 6) is -0.0702. The number of fused-ring (bicyclic) bond motifs is 1. The van der Waals surface area contributed by atoms with E-state index in [9.17, 15) is 4.79 Å². The molecule has 1 aliphatic heterocycles. The van der Waals surface area contributed by atoms with E-state index in [0.717, 1.165) is 33.4 Å². The maximum absolute atomic E-state index is 11.9. The Hall–Kier alpha value is -2.95. The SMILES string of the molecule is CC1(C)C(=O)NN=C1c1ccc2[nH]c(-c3ccncc3)cc2c1. The van der Waals surface area contributed by atoms with Crippen LogP contribution in [0.2, 0.25) is 0 Å². The van der Waals surface area contributed by atoms with Crippen LogP contribution in [0.5, 0.6) is 0 Å². The first-order valence-electron chi connectivity index (χ1n) is 7.48. The lowest BCUT2D eigenvalue weighted by Crippen LogP contribution is -2.32. The zero-order chi connectivity index (χ0) is 16.0. The van der Waals surface area contributed by atoms with Crippen molar-refractivity contribution in [1.29, 1.82) is 0 Å². The van der Waals surface area contributed by atoms with Gasteiger partial charge in [0.05, 0.1) is 11.1 Å². The van der Waals surface area contributed by atoms with E-state index in [2.05, 4.69) is 32.6 Å². The first kappa shape index (κ1) is 13.7. The van der Waals surface area contributed by atoms with Gasteiger partial charge in [-0.3, -0.25) is 9.78 Å². The fourth-order valence-corrected chi connectivity index (χ4v) is 2.89. The molecule has 114 valence electrons. The minimum atomic E-state index is -0.613. The normalized spacial score (nSPS) is 16.4. The number of nitrogens with zero attached hydrogens (tertiary/aromatic N) is 2. The molecular formula is C18H16N4O. The van der Waals surface area contributed by atoms with Crippen LogP contribution in [-0.2, 0) is 4.79 Å². The van der Waals surface area contributed by atoms with Crippen LogP contribution in [0.4, 0.5) is 0 Å². The molecule has 0 saturated carbocycles. The molecule has 1 amide bonds. The molecule has 0 spiro atoms. The van der Waals surface area contributed by atoms with Crippen molar-refractivity contribution in [3.8, 4) is 11.3 Å². The lowest BCUT2D eigenvalue weighted by Gasteiger charge is -2.16. The van der Waals surface area contributed by atoms with E-state index in [1.165, 1.54) is 0 Å². The number of aromatic amines is 1. The van der Waals surface area contributed by atoms with E-state index >= 15 is 0 Å². The topological polar surface area (TPSA) is 70.1 Å². The van der Waals surface area contributed by atoms with Gasteiger partial charge in [-0.1, -0.05) is 6.07 Å². The summed E-state index contributed by atoms with van der Waals surface area (Å²) < 4.78 is 0. The van der Waals surface area contributed by atoms with Crippen LogP contribution in [0, 0.1) is 5.41 Å². The monoisotopic (exact) mass is 304 g/mol. The van der Waals surface area contributed by atoms with Crippen LogP contribution in [0.3, 0.4) is 0 Å². The third kappa shape index (κ3) is 2.12. The summed E-state index contributed by atoms with van der Waals surface area (Å²) in [7, 11) is 0. The summed E-state index contributed by atoms with van der Waals surface area (Å²) in [6, 6.07) is 12.1. The quantitative estimate of drug-likeness (QED) is 0.764. The minimum absolute atomic E-state index is 0.0702. The number of hydrogen-bond acceptors (Lipinski definition) is 3. The molecule has 1 aliphatic rings. The number of benzene rings is 1. The minimum Gasteiger partial charge on any atom is -0.355 e. The standard InChI is InChI=1S/C18H16N4O/c1-18(2)16(21-22-17(18)23)12-3-4-14-13(9-12)10-15(20-14)11-5-7-19-8-6-11/h3-10,20H,1-2H3,(H,22,23). The Bertz CT molecular complexity index is 938. The maximum atomic E-state index is 11.9. The molecule has 5 nitrogen and oxygen atoms in total.